The van der Waals surface area contributed by atoms with E-state index < -0.39 is 24.0 Å². The zero-order valence-electron chi connectivity index (χ0n) is 13.5. The van der Waals surface area contributed by atoms with Gasteiger partial charge >= 0.3 is 0 Å². The van der Waals surface area contributed by atoms with Gasteiger partial charge in [0.25, 0.3) is 11.8 Å². The number of aliphatic hydroxyl groups excluding tert-OH is 1. The second-order valence-electron chi connectivity index (χ2n) is 6.27. The molecule has 0 saturated heterocycles. The molecule has 132 valence electrons. The number of aliphatic hydroxyl groups is 1. The Kier molecular flexibility index (Phi) is 7.20. The van der Waals surface area contributed by atoms with E-state index in [1.54, 1.807) is 24.3 Å². The lowest BCUT2D eigenvalue weighted by Gasteiger charge is -2.26. The molecule has 2 rings (SSSR count). The van der Waals surface area contributed by atoms with E-state index in [9.17, 15) is 14.7 Å². The highest BCUT2D eigenvalue weighted by Gasteiger charge is 2.27. The Morgan fingerprint density at radius 2 is 1.88 bits per heavy atom. The maximum atomic E-state index is 12.0. The zero-order chi connectivity index (χ0) is 17.5. The van der Waals surface area contributed by atoms with Gasteiger partial charge in [0.1, 0.15) is 6.10 Å². The molecular weight excluding hydrogens is 374 g/mol. The van der Waals surface area contributed by atoms with E-state index in [1.165, 1.54) is 19.3 Å². The Labute approximate surface area is 150 Å². The standard InChI is InChI=1S/C17H24BrN3O3/c18-13-9-5-4-8-12(13)16(23)20-21-17(24)15(22)14(19)10-11-6-2-1-3-7-11/h4-5,8-9,11,14-15,22H,1-3,6-7,10,19H2,(H,20,23)(H,21,24)/t14-,15?/m1/s1. The molecule has 0 heterocycles. The van der Waals surface area contributed by atoms with E-state index in [0.717, 1.165) is 12.8 Å². The minimum atomic E-state index is -1.34. The second-order valence-corrected chi connectivity index (χ2v) is 7.13. The average molecular weight is 398 g/mol. The Morgan fingerprint density at radius 1 is 1.21 bits per heavy atom. The van der Waals surface area contributed by atoms with Gasteiger partial charge in [0.2, 0.25) is 0 Å². The maximum Gasteiger partial charge on any atom is 0.270 e. The first-order chi connectivity index (χ1) is 11.5. The first kappa shape index (κ1) is 18.9. The normalized spacial score (nSPS) is 17.8. The number of benzene rings is 1. The number of nitrogens with one attached hydrogen (secondary N) is 2. The molecular formula is C17H24BrN3O3. The molecule has 2 amide bonds. The van der Waals surface area contributed by atoms with Crippen molar-refractivity contribution in [2.45, 2.75) is 50.7 Å². The van der Waals surface area contributed by atoms with Gasteiger partial charge in [-0.3, -0.25) is 20.4 Å². The molecule has 1 saturated carbocycles. The number of carbonyl (C=O) groups excluding carboxylic acids is 2. The largest absolute Gasteiger partial charge is 0.382 e. The van der Waals surface area contributed by atoms with Crippen LogP contribution in [0.5, 0.6) is 0 Å². The van der Waals surface area contributed by atoms with Gasteiger partial charge in [-0.1, -0.05) is 44.2 Å². The minimum Gasteiger partial charge on any atom is -0.382 e. The molecule has 1 aromatic rings. The van der Waals surface area contributed by atoms with Gasteiger partial charge in [-0.15, -0.1) is 0 Å². The number of halogens is 1. The summed E-state index contributed by atoms with van der Waals surface area (Å²) in [6.45, 7) is 0. The van der Waals surface area contributed by atoms with Crippen LogP contribution in [0.1, 0.15) is 48.9 Å². The number of hydrazine groups is 1. The summed E-state index contributed by atoms with van der Waals surface area (Å²) in [5.41, 5.74) is 10.9. The third kappa shape index (κ3) is 5.29. The number of carbonyl (C=O) groups is 2. The summed E-state index contributed by atoms with van der Waals surface area (Å²) in [4.78, 5) is 24.0. The number of amides is 2. The molecule has 24 heavy (non-hydrogen) atoms. The third-order valence-electron chi connectivity index (χ3n) is 4.42. The molecule has 1 aromatic carbocycles. The summed E-state index contributed by atoms with van der Waals surface area (Å²) in [6, 6.07) is 6.22. The van der Waals surface area contributed by atoms with Crippen LogP contribution in [0.4, 0.5) is 0 Å². The average Bonchev–Trinajstić information content (AvgIpc) is 2.60. The fourth-order valence-corrected chi connectivity index (χ4v) is 3.50. The van der Waals surface area contributed by atoms with E-state index in [-0.39, 0.29) is 0 Å². The molecule has 1 aliphatic rings. The van der Waals surface area contributed by atoms with Crippen molar-refractivity contribution in [3.8, 4) is 0 Å². The van der Waals surface area contributed by atoms with Gasteiger partial charge < -0.3 is 10.8 Å². The molecule has 2 atom stereocenters. The Morgan fingerprint density at radius 3 is 2.54 bits per heavy atom. The molecule has 6 nitrogen and oxygen atoms in total. The smallest absolute Gasteiger partial charge is 0.270 e. The number of hydrogen-bond acceptors (Lipinski definition) is 4. The first-order valence-corrected chi connectivity index (χ1v) is 9.06. The van der Waals surface area contributed by atoms with Crippen LogP contribution in [0.2, 0.25) is 0 Å². The molecule has 0 aliphatic heterocycles. The van der Waals surface area contributed by atoms with E-state index >= 15 is 0 Å². The number of hydrogen-bond donors (Lipinski definition) is 4. The molecule has 0 bridgehead atoms. The van der Waals surface area contributed by atoms with Crippen molar-refractivity contribution < 1.29 is 14.7 Å². The van der Waals surface area contributed by atoms with Gasteiger partial charge in [-0.25, -0.2) is 0 Å². The van der Waals surface area contributed by atoms with Crippen LogP contribution in [0.15, 0.2) is 28.7 Å². The highest BCUT2D eigenvalue weighted by atomic mass is 79.9. The summed E-state index contributed by atoms with van der Waals surface area (Å²) in [6.07, 6.45) is 5.08. The summed E-state index contributed by atoms with van der Waals surface area (Å²) >= 11 is 3.27. The predicted molar refractivity (Wildman–Crippen MR) is 94.9 cm³/mol. The van der Waals surface area contributed by atoms with Crippen molar-refractivity contribution in [3.63, 3.8) is 0 Å². The van der Waals surface area contributed by atoms with Crippen molar-refractivity contribution in [2.75, 3.05) is 0 Å². The quantitative estimate of drug-likeness (QED) is 0.569. The van der Waals surface area contributed by atoms with E-state index in [2.05, 4.69) is 26.8 Å². The van der Waals surface area contributed by atoms with E-state index in [1.807, 2.05) is 0 Å². The lowest BCUT2D eigenvalue weighted by Crippen LogP contribution is -2.52. The van der Waals surface area contributed by atoms with Gasteiger partial charge in [0.05, 0.1) is 5.56 Å². The van der Waals surface area contributed by atoms with Gasteiger partial charge in [0.15, 0.2) is 0 Å². The Hall–Kier alpha value is -1.44. The van der Waals surface area contributed by atoms with Crippen molar-refractivity contribution >= 4 is 27.7 Å². The monoisotopic (exact) mass is 397 g/mol. The van der Waals surface area contributed by atoms with Crippen molar-refractivity contribution in [2.24, 2.45) is 11.7 Å². The first-order valence-electron chi connectivity index (χ1n) is 8.27. The van der Waals surface area contributed by atoms with Gasteiger partial charge in [-0.05, 0) is 40.4 Å². The van der Waals surface area contributed by atoms with Crippen LogP contribution in [-0.4, -0.2) is 29.1 Å². The van der Waals surface area contributed by atoms with E-state index in [4.69, 9.17) is 5.73 Å². The topological polar surface area (TPSA) is 104 Å². The summed E-state index contributed by atoms with van der Waals surface area (Å²) < 4.78 is 0.617. The van der Waals surface area contributed by atoms with Gasteiger partial charge in [-0.2, -0.15) is 0 Å². The van der Waals surface area contributed by atoms with Gasteiger partial charge in [0, 0.05) is 10.5 Å². The second kappa shape index (κ2) is 9.15. The molecule has 0 spiro atoms. The van der Waals surface area contributed by atoms with Crippen LogP contribution >= 0.6 is 15.9 Å². The molecule has 1 fully saturated rings. The zero-order valence-corrected chi connectivity index (χ0v) is 15.1. The summed E-state index contributed by atoms with van der Waals surface area (Å²) in [5, 5.41) is 10.1. The Bertz CT molecular complexity index is 576. The highest BCUT2D eigenvalue weighted by Crippen LogP contribution is 2.27. The number of nitrogens with two attached hydrogens (primary N) is 1. The van der Waals surface area contributed by atoms with Crippen LogP contribution in [-0.2, 0) is 4.79 Å². The Balaban J connectivity index is 1.80. The molecule has 0 radical (unpaired) electrons. The number of rotatable bonds is 5. The fourth-order valence-electron chi connectivity index (χ4n) is 3.04. The predicted octanol–water partition coefficient (Wildman–Crippen LogP) is 1.87. The van der Waals surface area contributed by atoms with Crippen LogP contribution < -0.4 is 16.6 Å². The fraction of sp³-hybridized carbons (Fsp3) is 0.529. The van der Waals surface area contributed by atoms with Crippen molar-refractivity contribution in [3.05, 3.63) is 34.3 Å². The molecule has 7 heteroatoms. The SMILES string of the molecule is N[C@H](CC1CCCCC1)C(O)C(=O)NNC(=O)c1ccccc1Br. The molecule has 0 aromatic heterocycles. The summed E-state index contributed by atoms with van der Waals surface area (Å²) in [7, 11) is 0. The van der Waals surface area contributed by atoms with Crippen LogP contribution in [0, 0.1) is 5.92 Å². The van der Waals surface area contributed by atoms with E-state index in [0.29, 0.717) is 22.4 Å². The highest BCUT2D eigenvalue weighted by molar-refractivity contribution is 9.10. The maximum absolute atomic E-state index is 12.0. The molecule has 1 aliphatic carbocycles. The van der Waals surface area contributed by atoms with Crippen LogP contribution in [0.25, 0.3) is 0 Å². The molecule has 5 N–H and O–H groups in total. The summed E-state index contributed by atoms with van der Waals surface area (Å²) in [5.74, 6) is -0.700. The lowest BCUT2D eigenvalue weighted by atomic mass is 9.84. The van der Waals surface area contributed by atoms with Crippen molar-refractivity contribution in [1.29, 1.82) is 0 Å². The van der Waals surface area contributed by atoms with Crippen molar-refractivity contribution in [1.82, 2.24) is 10.9 Å². The molecule has 1 unspecified atom stereocenters. The lowest BCUT2D eigenvalue weighted by molar-refractivity contribution is -0.131. The van der Waals surface area contributed by atoms with Crippen LogP contribution in [0.3, 0.4) is 0 Å². The minimum absolute atomic E-state index is 0.388. The third-order valence-corrected chi connectivity index (χ3v) is 5.11.